The first-order chi connectivity index (χ1) is 8.05. The Hall–Kier alpha value is -1.12. The quantitative estimate of drug-likeness (QED) is 0.633. The van der Waals surface area contributed by atoms with E-state index in [9.17, 15) is 4.79 Å². The van der Waals surface area contributed by atoms with E-state index in [2.05, 4.69) is 20.9 Å². The standard InChI is InChI=1S/C13H14BrNO2/c1-8-6-10(17-3)12(14)9(2)11(8)13(4-5-13)15-7-16/h6H,4-5H2,1-3H3. The molecule has 1 aromatic carbocycles. The number of methoxy groups -OCH3 is 1. The molecule has 90 valence electrons. The van der Waals surface area contributed by atoms with Crippen molar-refractivity contribution >= 4 is 22.0 Å². The SMILES string of the molecule is COc1cc(C)c(C2(N=C=O)CC2)c(C)c1Br. The molecule has 0 amide bonds. The third kappa shape index (κ3) is 1.92. The second-order valence-corrected chi connectivity index (χ2v) is 5.24. The molecule has 1 aromatic rings. The fourth-order valence-corrected chi connectivity index (χ4v) is 2.89. The smallest absolute Gasteiger partial charge is 0.235 e. The largest absolute Gasteiger partial charge is 0.496 e. The van der Waals surface area contributed by atoms with E-state index in [1.807, 2.05) is 19.9 Å². The number of aryl methyl sites for hydroxylation is 1. The second-order valence-electron chi connectivity index (χ2n) is 4.44. The van der Waals surface area contributed by atoms with Gasteiger partial charge in [-0.2, -0.15) is 4.99 Å². The van der Waals surface area contributed by atoms with Crippen LogP contribution in [0.2, 0.25) is 0 Å². The summed E-state index contributed by atoms with van der Waals surface area (Å²) in [6.45, 7) is 4.05. The first-order valence-corrected chi connectivity index (χ1v) is 6.28. The van der Waals surface area contributed by atoms with Crippen LogP contribution in [-0.2, 0) is 10.3 Å². The molecule has 2 rings (SSSR count). The van der Waals surface area contributed by atoms with Crippen LogP contribution in [0, 0.1) is 13.8 Å². The Morgan fingerprint density at radius 1 is 1.47 bits per heavy atom. The predicted molar refractivity (Wildman–Crippen MR) is 69.2 cm³/mol. The lowest BCUT2D eigenvalue weighted by Crippen LogP contribution is -2.09. The van der Waals surface area contributed by atoms with Crippen molar-refractivity contribution in [1.29, 1.82) is 0 Å². The van der Waals surface area contributed by atoms with Crippen LogP contribution in [0.5, 0.6) is 5.75 Å². The van der Waals surface area contributed by atoms with Crippen molar-refractivity contribution in [2.24, 2.45) is 4.99 Å². The van der Waals surface area contributed by atoms with Gasteiger partial charge in [0.05, 0.1) is 17.1 Å². The molecule has 4 heteroatoms. The fourth-order valence-electron chi connectivity index (χ4n) is 2.41. The maximum absolute atomic E-state index is 10.5. The topological polar surface area (TPSA) is 38.7 Å². The molecule has 3 nitrogen and oxygen atoms in total. The van der Waals surface area contributed by atoms with E-state index in [1.54, 1.807) is 13.2 Å². The number of aliphatic imine (C=N–C) groups is 1. The van der Waals surface area contributed by atoms with Crippen LogP contribution < -0.4 is 4.74 Å². The molecular weight excluding hydrogens is 282 g/mol. The minimum absolute atomic E-state index is 0.329. The van der Waals surface area contributed by atoms with Gasteiger partial charge in [0.15, 0.2) is 0 Å². The molecule has 17 heavy (non-hydrogen) atoms. The summed E-state index contributed by atoms with van der Waals surface area (Å²) >= 11 is 3.53. The number of ether oxygens (including phenoxy) is 1. The molecule has 0 radical (unpaired) electrons. The van der Waals surface area contributed by atoms with E-state index in [-0.39, 0.29) is 5.54 Å². The molecule has 0 bridgehead atoms. The number of rotatable bonds is 3. The molecule has 1 saturated carbocycles. The summed E-state index contributed by atoms with van der Waals surface area (Å²) in [5, 5.41) is 0. The Morgan fingerprint density at radius 2 is 2.12 bits per heavy atom. The van der Waals surface area contributed by atoms with Crippen LogP contribution in [0.3, 0.4) is 0 Å². The first kappa shape index (κ1) is 12.3. The highest BCUT2D eigenvalue weighted by Crippen LogP contribution is 2.53. The van der Waals surface area contributed by atoms with E-state index >= 15 is 0 Å². The Morgan fingerprint density at radius 3 is 2.59 bits per heavy atom. The van der Waals surface area contributed by atoms with Crippen LogP contribution in [0.1, 0.15) is 29.5 Å². The lowest BCUT2D eigenvalue weighted by Gasteiger charge is -2.18. The monoisotopic (exact) mass is 295 g/mol. The number of isocyanates is 1. The predicted octanol–water partition coefficient (Wildman–Crippen LogP) is 3.40. The van der Waals surface area contributed by atoms with Gasteiger partial charge in [0.25, 0.3) is 0 Å². The molecule has 1 aliphatic carbocycles. The van der Waals surface area contributed by atoms with E-state index in [1.165, 1.54) is 0 Å². The van der Waals surface area contributed by atoms with Crippen molar-refractivity contribution in [2.45, 2.75) is 32.2 Å². The van der Waals surface area contributed by atoms with Gasteiger partial charge in [0.2, 0.25) is 6.08 Å². The van der Waals surface area contributed by atoms with Crippen molar-refractivity contribution in [3.63, 3.8) is 0 Å². The molecule has 1 aliphatic rings. The average Bonchev–Trinajstić information content (AvgIpc) is 3.05. The summed E-state index contributed by atoms with van der Waals surface area (Å²) in [6, 6.07) is 1.98. The van der Waals surface area contributed by atoms with Gasteiger partial charge in [-0.25, -0.2) is 4.79 Å². The van der Waals surface area contributed by atoms with Crippen molar-refractivity contribution in [2.75, 3.05) is 7.11 Å². The Balaban J connectivity index is 2.63. The van der Waals surface area contributed by atoms with Gasteiger partial charge in [-0.05, 0) is 65.4 Å². The number of hydrogen-bond donors (Lipinski definition) is 0. The molecule has 0 spiro atoms. The highest BCUT2D eigenvalue weighted by Gasteiger charge is 2.47. The molecule has 0 saturated heterocycles. The van der Waals surface area contributed by atoms with Crippen molar-refractivity contribution in [1.82, 2.24) is 0 Å². The molecule has 0 aromatic heterocycles. The minimum Gasteiger partial charge on any atom is -0.496 e. The summed E-state index contributed by atoms with van der Waals surface area (Å²) in [6.07, 6.45) is 3.54. The Kier molecular flexibility index (Phi) is 3.11. The third-order valence-electron chi connectivity index (χ3n) is 3.33. The van der Waals surface area contributed by atoms with E-state index in [0.29, 0.717) is 0 Å². The maximum Gasteiger partial charge on any atom is 0.235 e. The van der Waals surface area contributed by atoms with Crippen LogP contribution in [-0.4, -0.2) is 13.2 Å². The lowest BCUT2D eigenvalue weighted by molar-refractivity contribution is 0.411. The number of nitrogens with zero attached hydrogens (tertiary/aromatic N) is 1. The normalized spacial score (nSPS) is 16.2. The summed E-state index contributed by atoms with van der Waals surface area (Å²) in [5.41, 5.74) is 3.01. The van der Waals surface area contributed by atoms with Crippen molar-refractivity contribution < 1.29 is 9.53 Å². The number of halogens is 1. The average molecular weight is 296 g/mol. The van der Waals surface area contributed by atoms with E-state index in [4.69, 9.17) is 4.74 Å². The zero-order valence-corrected chi connectivity index (χ0v) is 11.7. The highest BCUT2D eigenvalue weighted by molar-refractivity contribution is 9.10. The Labute approximate surface area is 109 Å². The summed E-state index contributed by atoms with van der Waals surface area (Å²) in [4.78, 5) is 14.5. The number of hydrogen-bond acceptors (Lipinski definition) is 3. The van der Waals surface area contributed by atoms with Crippen LogP contribution in [0.25, 0.3) is 0 Å². The summed E-state index contributed by atoms with van der Waals surface area (Å²) < 4.78 is 6.24. The van der Waals surface area contributed by atoms with Gasteiger partial charge in [0, 0.05) is 0 Å². The van der Waals surface area contributed by atoms with Crippen LogP contribution >= 0.6 is 15.9 Å². The molecular formula is C13H14BrNO2. The van der Waals surface area contributed by atoms with Gasteiger partial charge in [-0.3, -0.25) is 0 Å². The van der Waals surface area contributed by atoms with Gasteiger partial charge < -0.3 is 4.74 Å². The first-order valence-electron chi connectivity index (χ1n) is 5.49. The van der Waals surface area contributed by atoms with Crippen LogP contribution in [0.4, 0.5) is 0 Å². The number of carbonyl (C=O) groups excluding carboxylic acids is 1. The van der Waals surface area contributed by atoms with E-state index < -0.39 is 0 Å². The van der Waals surface area contributed by atoms with Crippen molar-refractivity contribution in [3.8, 4) is 5.75 Å². The fraction of sp³-hybridized carbons (Fsp3) is 0.462. The number of benzene rings is 1. The van der Waals surface area contributed by atoms with Gasteiger partial charge in [-0.15, -0.1) is 0 Å². The van der Waals surface area contributed by atoms with Crippen molar-refractivity contribution in [3.05, 3.63) is 27.2 Å². The third-order valence-corrected chi connectivity index (χ3v) is 4.32. The molecule has 0 heterocycles. The second kappa shape index (κ2) is 4.28. The molecule has 0 aliphatic heterocycles. The van der Waals surface area contributed by atoms with Gasteiger partial charge in [0.1, 0.15) is 5.75 Å². The van der Waals surface area contributed by atoms with Crippen LogP contribution in [0.15, 0.2) is 15.5 Å². The Bertz CT molecular complexity index is 515. The van der Waals surface area contributed by atoms with Gasteiger partial charge >= 0.3 is 0 Å². The maximum atomic E-state index is 10.5. The molecule has 0 N–H and O–H groups in total. The molecule has 0 unspecified atom stereocenters. The van der Waals surface area contributed by atoms with Gasteiger partial charge in [-0.1, -0.05) is 0 Å². The summed E-state index contributed by atoms with van der Waals surface area (Å²) in [5.74, 6) is 0.814. The lowest BCUT2D eigenvalue weighted by atomic mass is 9.94. The molecule has 0 atom stereocenters. The highest BCUT2D eigenvalue weighted by atomic mass is 79.9. The molecule has 1 fully saturated rings. The van der Waals surface area contributed by atoms with E-state index in [0.717, 1.165) is 39.8 Å². The zero-order valence-electron chi connectivity index (χ0n) is 10.1. The zero-order chi connectivity index (χ0) is 12.6. The summed E-state index contributed by atoms with van der Waals surface area (Å²) in [7, 11) is 1.65. The minimum atomic E-state index is -0.329.